The fraction of sp³-hybridized carbons (Fsp3) is 1.00. The first kappa shape index (κ1) is 21.2. The zero-order valence-corrected chi connectivity index (χ0v) is 11.9. The summed E-state index contributed by atoms with van der Waals surface area (Å²) in [5, 5.41) is 18.9. The third-order valence-corrected chi connectivity index (χ3v) is 1.82. The van der Waals surface area contributed by atoms with Gasteiger partial charge in [-0.25, -0.2) is 0 Å². The van der Waals surface area contributed by atoms with Crippen LogP contribution in [0.3, 0.4) is 0 Å². The molecule has 0 aromatic rings. The first-order valence-electron chi connectivity index (χ1n) is 6.67. The van der Waals surface area contributed by atoms with Crippen molar-refractivity contribution in [2.24, 2.45) is 0 Å². The highest BCUT2D eigenvalue weighted by atomic mass is 16.5. The van der Waals surface area contributed by atoms with E-state index in [1.807, 2.05) is 0 Å². The maximum absolute atomic E-state index is 7.92. The highest BCUT2D eigenvalue weighted by Gasteiger charge is 1.83. The van der Waals surface area contributed by atoms with Crippen molar-refractivity contribution in [2.75, 3.05) is 13.1 Å². The van der Waals surface area contributed by atoms with Crippen LogP contribution in [-0.2, 0) is 0 Å². The van der Waals surface area contributed by atoms with Gasteiger partial charge in [0.15, 0.2) is 6.29 Å². The Kier molecular flexibility index (Phi) is 32.1. The van der Waals surface area contributed by atoms with Crippen molar-refractivity contribution in [1.82, 2.24) is 5.32 Å². The standard InChI is InChI=1S/C6H14.C4H11N.C3H8O2/c1-3-5-6-4-2;1-3-5-4-2;1-2-3(4)5/h3-6H2,1-2H3;5H,3-4H2,1-2H3;3-5H,2H2,1H3. The van der Waals surface area contributed by atoms with Gasteiger partial charge in [-0.05, 0) is 19.5 Å². The third kappa shape index (κ3) is 48.6. The lowest BCUT2D eigenvalue weighted by atomic mass is 10.2. The van der Waals surface area contributed by atoms with E-state index in [0.29, 0.717) is 6.42 Å². The monoisotopic (exact) mass is 235 g/mol. The van der Waals surface area contributed by atoms with E-state index in [1.54, 1.807) is 6.92 Å². The van der Waals surface area contributed by atoms with Crippen molar-refractivity contribution in [2.45, 2.75) is 73.0 Å². The molecular formula is C13H33NO2. The van der Waals surface area contributed by atoms with E-state index < -0.39 is 6.29 Å². The van der Waals surface area contributed by atoms with E-state index >= 15 is 0 Å². The molecule has 0 amide bonds. The van der Waals surface area contributed by atoms with Gasteiger partial charge in [0.1, 0.15) is 0 Å². The SMILES string of the molecule is CCC(O)O.CCCCCC.CCNCC. The van der Waals surface area contributed by atoms with Crippen LogP contribution in [0.1, 0.15) is 66.7 Å². The van der Waals surface area contributed by atoms with Crippen LogP contribution in [0.15, 0.2) is 0 Å². The van der Waals surface area contributed by atoms with Crippen LogP contribution in [-0.4, -0.2) is 29.6 Å². The van der Waals surface area contributed by atoms with Crippen molar-refractivity contribution in [3.8, 4) is 0 Å². The predicted molar refractivity (Wildman–Crippen MR) is 72.6 cm³/mol. The second-order valence-corrected chi connectivity index (χ2v) is 3.55. The van der Waals surface area contributed by atoms with Crippen LogP contribution >= 0.6 is 0 Å². The molecule has 0 spiro atoms. The van der Waals surface area contributed by atoms with Gasteiger partial charge in [-0.3, -0.25) is 0 Å². The summed E-state index contributed by atoms with van der Waals surface area (Å²) in [6, 6.07) is 0. The molecule has 0 aromatic carbocycles. The Labute approximate surface area is 102 Å². The quantitative estimate of drug-likeness (QED) is 0.490. The molecule has 102 valence electrons. The Morgan fingerprint density at radius 3 is 1.19 bits per heavy atom. The molecule has 0 fully saturated rings. The molecule has 0 unspecified atom stereocenters. The van der Waals surface area contributed by atoms with Gasteiger partial charge in [-0.15, -0.1) is 0 Å². The molecule has 3 nitrogen and oxygen atoms in total. The smallest absolute Gasteiger partial charge is 0.151 e. The number of unbranched alkanes of at least 4 members (excludes halogenated alkanes) is 3. The normalized spacial score (nSPS) is 9.00. The number of nitrogens with one attached hydrogen (secondary N) is 1. The fourth-order valence-corrected chi connectivity index (χ4v) is 0.750. The number of aliphatic hydroxyl groups excluding tert-OH is 1. The molecule has 0 saturated carbocycles. The van der Waals surface area contributed by atoms with Crippen molar-refractivity contribution in [3.63, 3.8) is 0 Å². The minimum Gasteiger partial charge on any atom is -0.368 e. The van der Waals surface area contributed by atoms with Gasteiger partial charge in [-0.1, -0.05) is 60.3 Å². The fourth-order valence-electron chi connectivity index (χ4n) is 0.750. The molecule has 3 heteroatoms. The number of aliphatic hydroxyl groups is 2. The van der Waals surface area contributed by atoms with E-state index in [0.717, 1.165) is 13.1 Å². The summed E-state index contributed by atoms with van der Waals surface area (Å²) in [4.78, 5) is 0. The van der Waals surface area contributed by atoms with Crippen LogP contribution in [0.2, 0.25) is 0 Å². The number of rotatable bonds is 6. The Bertz CT molecular complexity index is 82.0. The molecule has 0 aliphatic carbocycles. The largest absolute Gasteiger partial charge is 0.368 e. The summed E-state index contributed by atoms with van der Waals surface area (Å²) in [5.41, 5.74) is 0. The van der Waals surface area contributed by atoms with Crippen LogP contribution in [0, 0.1) is 0 Å². The van der Waals surface area contributed by atoms with Crippen LogP contribution in [0.4, 0.5) is 0 Å². The van der Waals surface area contributed by atoms with Gasteiger partial charge < -0.3 is 15.5 Å². The summed E-state index contributed by atoms with van der Waals surface area (Å²) in [5.74, 6) is 0. The molecule has 0 aromatic heterocycles. The van der Waals surface area contributed by atoms with E-state index in [-0.39, 0.29) is 0 Å². The summed E-state index contributed by atoms with van der Waals surface area (Å²) in [7, 11) is 0. The highest BCUT2D eigenvalue weighted by Crippen LogP contribution is 1.95. The zero-order chi connectivity index (χ0) is 13.2. The lowest BCUT2D eigenvalue weighted by Crippen LogP contribution is -2.09. The van der Waals surface area contributed by atoms with Crippen molar-refractivity contribution < 1.29 is 10.2 Å². The van der Waals surface area contributed by atoms with Gasteiger partial charge in [0.05, 0.1) is 0 Å². The molecule has 3 N–H and O–H groups in total. The average molecular weight is 235 g/mol. The topological polar surface area (TPSA) is 52.5 Å². The Morgan fingerprint density at radius 1 is 0.812 bits per heavy atom. The minimum absolute atomic E-state index is 0.417. The molecule has 16 heavy (non-hydrogen) atoms. The summed E-state index contributed by atoms with van der Waals surface area (Å²) >= 11 is 0. The first-order valence-corrected chi connectivity index (χ1v) is 6.67. The molecule has 0 aliphatic heterocycles. The first-order chi connectivity index (χ1) is 7.60. The van der Waals surface area contributed by atoms with Crippen molar-refractivity contribution in [3.05, 3.63) is 0 Å². The van der Waals surface area contributed by atoms with E-state index in [1.165, 1.54) is 25.7 Å². The van der Waals surface area contributed by atoms with E-state index in [2.05, 4.69) is 33.0 Å². The molecular weight excluding hydrogens is 202 g/mol. The van der Waals surface area contributed by atoms with Crippen LogP contribution < -0.4 is 5.32 Å². The van der Waals surface area contributed by atoms with E-state index in [4.69, 9.17) is 10.2 Å². The summed E-state index contributed by atoms with van der Waals surface area (Å²) < 4.78 is 0. The van der Waals surface area contributed by atoms with Gasteiger partial charge in [-0.2, -0.15) is 0 Å². The zero-order valence-electron chi connectivity index (χ0n) is 11.9. The minimum atomic E-state index is -1.12. The second kappa shape index (κ2) is 24.2. The molecule has 0 rings (SSSR count). The summed E-state index contributed by atoms with van der Waals surface area (Å²) in [6.45, 7) is 12.6. The molecule has 0 bridgehead atoms. The van der Waals surface area contributed by atoms with Gasteiger partial charge in [0, 0.05) is 0 Å². The van der Waals surface area contributed by atoms with Crippen LogP contribution in [0.5, 0.6) is 0 Å². The highest BCUT2D eigenvalue weighted by molar-refractivity contribution is 4.31. The molecule has 0 heterocycles. The molecule has 0 saturated heterocycles. The Balaban J connectivity index is -0.000000160. The lowest BCUT2D eigenvalue weighted by molar-refractivity contribution is -0.0413. The molecule has 0 radical (unpaired) electrons. The molecule has 0 atom stereocenters. The van der Waals surface area contributed by atoms with Crippen molar-refractivity contribution >= 4 is 0 Å². The van der Waals surface area contributed by atoms with Gasteiger partial charge in [0.2, 0.25) is 0 Å². The van der Waals surface area contributed by atoms with Crippen LogP contribution in [0.25, 0.3) is 0 Å². The second-order valence-electron chi connectivity index (χ2n) is 3.55. The maximum Gasteiger partial charge on any atom is 0.151 e. The molecule has 0 aliphatic rings. The third-order valence-electron chi connectivity index (χ3n) is 1.82. The maximum atomic E-state index is 7.92. The van der Waals surface area contributed by atoms with Crippen molar-refractivity contribution in [1.29, 1.82) is 0 Å². The average Bonchev–Trinajstić information content (AvgIpc) is 2.29. The van der Waals surface area contributed by atoms with Gasteiger partial charge >= 0.3 is 0 Å². The van der Waals surface area contributed by atoms with Gasteiger partial charge in [0.25, 0.3) is 0 Å². The summed E-state index contributed by atoms with van der Waals surface area (Å²) in [6.07, 6.45) is 4.84. The number of hydrogen-bond acceptors (Lipinski definition) is 3. The predicted octanol–water partition coefficient (Wildman–Crippen LogP) is 2.91. The number of hydrogen-bond donors (Lipinski definition) is 3. The van der Waals surface area contributed by atoms with E-state index in [9.17, 15) is 0 Å². The lowest BCUT2D eigenvalue weighted by Gasteiger charge is -1.90. The Morgan fingerprint density at radius 2 is 1.12 bits per heavy atom. The Hall–Kier alpha value is -0.120.